The van der Waals surface area contributed by atoms with E-state index in [9.17, 15) is 9.59 Å². The molecule has 0 fully saturated rings. The van der Waals surface area contributed by atoms with Crippen LogP contribution >= 0.6 is 11.6 Å². The van der Waals surface area contributed by atoms with Crippen molar-refractivity contribution in [1.82, 2.24) is 10.2 Å². The Hall–Kier alpha value is -3.31. The van der Waals surface area contributed by atoms with E-state index in [0.29, 0.717) is 23.7 Å². The molecular formula is C31H37ClN2O3. The topological polar surface area (TPSA) is 58.6 Å². The van der Waals surface area contributed by atoms with Crippen LogP contribution in [0.2, 0.25) is 5.02 Å². The van der Waals surface area contributed by atoms with Gasteiger partial charge in [0.25, 0.3) is 5.91 Å². The Morgan fingerprint density at radius 2 is 1.57 bits per heavy atom. The molecule has 196 valence electrons. The summed E-state index contributed by atoms with van der Waals surface area (Å²) < 4.78 is 5.92. The van der Waals surface area contributed by atoms with Gasteiger partial charge >= 0.3 is 0 Å². The van der Waals surface area contributed by atoms with Gasteiger partial charge in [-0.2, -0.15) is 0 Å². The highest BCUT2D eigenvalue weighted by molar-refractivity contribution is 6.32. The second-order valence-corrected chi connectivity index (χ2v) is 10.1. The maximum Gasteiger partial charge on any atom is 0.261 e. The number of nitrogens with zero attached hydrogens (tertiary/aromatic N) is 1. The third-order valence-corrected chi connectivity index (χ3v) is 7.11. The Morgan fingerprint density at radius 3 is 2.16 bits per heavy atom. The third kappa shape index (κ3) is 8.09. The van der Waals surface area contributed by atoms with Crippen LogP contribution in [0.4, 0.5) is 0 Å². The van der Waals surface area contributed by atoms with E-state index in [1.165, 1.54) is 0 Å². The van der Waals surface area contributed by atoms with Gasteiger partial charge in [0.2, 0.25) is 5.91 Å². The molecule has 5 nitrogen and oxygen atoms in total. The van der Waals surface area contributed by atoms with Gasteiger partial charge in [-0.1, -0.05) is 78.7 Å². The van der Waals surface area contributed by atoms with Gasteiger partial charge in [0, 0.05) is 24.0 Å². The normalized spacial score (nSPS) is 12.5. The van der Waals surface area contributed by atoms with Gasteiger partial charge in [0.15, 0.2) is 6.61 Å². The Morgan fingerprint density at radius 1 is 0.946 bits per heavy atom. The maximum atomic E-state index is 13.7. The van der Waals surface area contributed by atoms with Gasteiger partial charge in [-0.15, -0.1) is 0 Å². The van der Waals surface area contributed by atoms with Crippen molar-refractivity contribution in [3.63, 3.8) is 0 Å². The van der Waals surface area contributed by atoms with Gasteiger partial charge in [-0.3, -0.25) is 9.59 Å². The molecule has 2 amide bonds. The van der Waals surface area contributed by atoms with Crippen LogP contribution in [0.1, 0.15) is 48.1 Å². The van der Waals surface area contributed by atoms with E-state index in [1.54, 1.807) is 4.90 Å². The molecule has 0 bridgehead atoms. The molecule has 3 aromatic rings. The van der Waals surface area contributed by atoms with Crippen LogP contribution in [0.5, 0.6) is 5.75 Å². The fourth-order valence-corrected chi connectivity index (χ4v) is 4.21. The summed E-state index contributed by atoms with van der Waals surface area (Å²) in [4.78, 5) is 28.9. The lowest BCUT2D eigenvalue weighted by atomic mass is 10.0. The highest BCUT2D eigenvalue weighted by Crippen LogP contribution is 2.26. The molecule has 6 heteroatoms. The lowest BCUT2D eigenvalue weighted by Gasteiger charge is -2.32. The van der Waals surface area contributed by atoms with Gasteiger partial charge in [-0.25, -0.2) is 0 Å². The van der Waals surface area contributed by atoms with Gasteiger partial charge < -0.3 is 15.0 Å². The van der Waals surface area contributed by atoms with Gasteiger partial charge in [0.1, 0.15) is 11.8 Å². The van der Waals surface area contributed by atoms with Crippen LogP contribution in [-0.2, 0) is 22.6 Å². The molecule has 0 heterocycles. The molecule has 2 atom stereocenters. The first-order valence-electron chi connectivity index (χ1n) is 12.8. The van der Waals surface area contributed by atoms with Crippen LogP contribution in [0, 0.1) is 20.8 Å². The average Bonchev–Trinajstić information content (AvgIpc) is 2.89. The predicted molar refractivity (Wildman–Crippen MR) is 150 cm³/mol. The van der Waals surface area contributed by atoms with E-state index < -0.39 is 6.04 Å². The lowest BCUT2D eigenvalue weighted by molar-refractivity contribution is -0.143. The number of carbonyl (C=O) groups is 2. The van der Waals surface area contributed by atoms with Crippen molar-refractivity contribution in [1.29, 1.82) is 0 Å². The predicted octanol–water partition coefficient (Wildman–Crippen LogP) is 6.20. The summed E-state index contributed by atoms with van der Waals surface area (Å²) in [5, 5.41) is 3.77. The Kier molecular flexibility index (Phi) is 10.2. The second kappa shape index (κ2) is 13.3. The van der Waals surface area contributed by atoms with Crippen molar-refractivity contribution in [2.24, 2.45) is 0 Å². The SMILES string of the molecule is CCC(C)NC(=O)C(Cc1ccccc1)N(Cc1ccc(C)cc1)C(=O)COc1cc(C)c(Cl)c(C)c1. The third-order valence-electron chi connectivity index (χ3n) is 6.52. The van der Waals surface area contributed by atoms with Gasteiger partial charge in [0.05, 0.1) is 0 Å². The first-order valence-corrected chi connectivity index (χ1v) is 13.1. The van der Waals surface area contributed by atoms with Crippen LogP contribution in [-0.4, -0.2) is 35.4 Å². The maximum absolute atomic E-state index is 13.7. The second-order valence-electron chi connectivity index (χ2n) is 9.69. The van der Waals surface area contributed by atoms with Crippen molar-refractivity contribution in [3.8, 4) is 5.75 Å². The van der Waals surface area contributed by atoms with Crippen molar-refractivity contribution in [2.75, 3.05) is 6.61 Å². The molecule has 0 aliphatic carbocycles. The smallest absolute Gasteiger partial charge is 0.261 e. The van der Waals surface area contributed by atoms with Crippen molar-refractivity contribution >= 4 is 23.4 Å². The quantitative estimate of drug-likeness (QED) is 0.327. The molecule has 0 saturated heterocycles. The zero-order chi connectivity index (χ0) is 26.9. The Bertz CT molecular complexity index is 1170. The van der Waals surface area contributed by atoms with Crippen molar-refractivity contribution in [2.45, 2.75) is 66.1 Å². The minimum atomic E-state index is -0.692. The average molecular weight is 521 g/mol. The Balaban J connectivity index is 1.92. The molecule has 1 N–H and O–H groups in total. The number of halogens is 1. The number of carbonyl (C=O) groups excluding carboxylic acids is 2. The summed E-state index contributed by atoms with van der Waals surface area (Å²) in [5.41, 5.74) is 4.84. The molecule has 0 saturated carbocycles. The lowest BCUT2D eigenvalue weighted by Crippen LogP contribution is -2.53. The summed E-state index contributed by atoms with van der Waals surface area (Å²) in [6.07, 6.45) is 1.20. The Labute approximate surface area is 225 Å². The number of hydrogen-bond acceptors (Lipinski definition) is 3. The van der Waals surface area contributed by atoms with E-state index in [2.05, 4.69) is 5.32 Å². The fraction of sp³-hybridized carbons (Fsp3) is 0.355. The molecule has 37 heavy (non-hydrogen) atoms. The molecule has 3 rings (SSSR count). The number of aryl methyl sites for hydroxylation is 3. The number of amides is 2. The van der Waals surface area contributed by atoms with E-state index in [4.69, 9.17) is 16.3 Å². The van der Waals surface area contributed by atoms with E-state index in [1.807, 2.05) is 101 Å². The number of rotatable bonds is 11. The molecule has 0 radical (unpaired) electrons. The standard InChI is InChI=1S/C31H37ClN2O3/c1-6-24(5)33-31(36)28(18-25-10-8-7-9-11-25)34(19-26-14-12-21(2)13-15-26)29(35)20-37-27-16-22(3)30(32)23(4)17-27/h7-17,24,28H,6,18-20H2,1-5H3,(H,33,36). The van der Waals surface area contributed by atoms with Crippen LogP contribution in [0.25, 0.3) is 0 Å². The van der Waals surface area contributed by atoms with Crippen LogP contribution in [0.3, 0.4) is 0 Å². The molecular weight excluding hydrogens is 484 g/mol. The summed E-state index contributed by atoms with van der Waals surface area (Å²) in [6.45, 7) is 9.94. The number of hydrogen-bond donors (Lipinski definition) is 1. The largest absolute Gasteiger partial charge is 0.484 e. The first-order chi connectivity index (χ1) is 17.7. The van der Waals surface area contributed by atoms with E-state index in [0.717, 1.165) is 34.2 Å². The minimum Gasteiger partial charge on any atom is -0.484 e. The molecule has 0 aliphatic heterocycles. The summed E-state index contributed by atoms with van der Waals surface area (Å²) in [6, 6.07) is 20.8. The molecule has 3 aromatic carbocycles. The van der Waals surface area contributed by atoms with Crippen molar-refractivity contribution < 1.29 is 14.3 Å². The summed E-state index contributed by atoms with van der Waals surface area (Å²) >= 11 is 6.30. The molecule has 0 aromatic heterocycles. The first kappa shape index (κ1) is 28.3. The monoisotopic (exact) mass is 520 g/mol. The summed E-state index contributed by atoms with van der Waals surface area (Å²) in [7, 11) is 0. The molecule has 0 spiro atoms. The highest BCUT2D eigenvalue weighted by atomic mass is 35.5. The number of nitrogens with one attached hydrogen (secondary N) is 1. The van der Waals surface area contributed by atoms with Crippen molar-refractivity contribution in [3.05, 3.63) is 99.6 Å². The minimum absolute atomic E-state index is 0.00151. The zero-order valence-electron chi connectivity index (χ0n) is 22.4. The number of ether oxygens (including phenoxy) is 1. The number of benzene rings is 3. The van der Waals surface area contributed by atoms with E-state index >= 15 is 0 Å². The zero-order valence-corrected chi connectivity index (χ0v) is 23.1. The summed E-state index contributed by atoms with van der Waals surface area (Å²) in [5.74, 6) is 0.148. The fourth-order valence-electron chi connectivity index (χ4n) is 4.10. The van der Waals surface area contributed by atoms with Crippen LogP contribution in [0.15, 0.2) is 66.7 Å². The molecule has 0 aliphatic rings. The van der Waals surface area contributed by atoms with E-state index in [-0.39, 0.29) is 24.5 Å². The van der Waals surface area contributed by atoms with Crippen LogP contribution < -0.4 is 10.1 Å². The highest BCUT2D eigenvalue weighted by Gasteiger charge is 2.31. The van der Waals surface area contributed by atoms with Gasteiger partial charge in [-0.05, 0) is 68.5 Å². The molecule has 2 unspecified atom stereocenters.